The van der Waals surface area contributed by atoms with Crippen LogP contribution in [0.25, 0.3) is 16.9 Å². The molecule has 6 rings (SSSR count). The van der Waals surface area contributed by atoms with Crippen LogP contribution in [0.4, 0.5) is 26.3 Å². The van der Waals surface area contributed by atoms with Crippen molar-refractivity contribution in [3.63, 3.8) is 0 Å². The summed E-state index contributed by atoms with van der Waals surface area (Å²) in [6.07, 6.45) is -3.21. The van der Waals surface area contributed by atoms with Crippen molar-refractivity contribution in [1.82, 2.24) is 24.4 Å². The molecule has 0 unspecified atom stereocenters. The number of piperazine rings is 1. The number of aromatic nitrogens is 3. The first kappa shape index (κ1) is 28.0. The minimum Gasteiger partial charge on any atom is -0.497 e. The van der Waals surface area contributed by atoms with Crippen LogP contribution in [-0.4, -0.2) is 63.1 Å². The molecule has 2 aliphatic rings. The zero-order valence-corrected chi connectivity index (χ0v) is 22.6. The molecule has 0 bridgehead atoms. The SMILES string of the molecule is COc1ccc2c(c1)CCc1c-2nc2c(C(=O)N3CCN(Cc4cc(F)cc(F)c4F)C[C@H]3C)cnn2c1C(F)(F)F. The Labute approximate surface area is 236 Å². The van der Waals surface area contributed by atoms with Crippen molar-refractivity contribution in [2.24, 2.45) is 0 Å². The lowest BCUT2D eigenvalue weighted by molar-refractivity contribution is -0.143. The lowest BCUT2D eigenvalue weighted by Gasteiger charge is -2.39. The van der Waals surface area contributed by atoms with Crippen molar-refractivity contribution in [3.05, 3.63) is 81.9 Å². The van der Waals surface area contributed by atoms with E-state index in [1.54, 1.807) is 30.0 Å². The Balaban J connectivity index is 1.33. The Bertz CT molecular complexity index is 1720. The predicted octanol–water partition coefficient (Wildman–Crippen LogP) is 5.29. The van der Waals surface area contributed by atoms with Crippen LogP contribution in [-0.2, 0) is 25.6 Å². The van der Waals surface area contributed by atoms with Crippen LogP contribution in [0.1, 0.15) is 39.7 Å². The van der Waals surface area contributed by atoms with Crippen LogP contribution in [0.15, 0.2) is 36.5 Å². The zero-order chi connectivity index (χ0) is 29.9. The van der Waals surface area contributed by atoms with Gasteiger partial charge in [-0.3, -0.25) is 9.69 Å². The average Bonchev–Trinajstić information content (AvgIpc) is 3.36. The molecule has 1 aliphatic carbocycles. The van der Waals surface area contributed by atoms with Crippen molar-refractivity contribution in [2.45, 2.75) is 38.5 Å². The number of carbonyl (C=O) groups excluding carboxylic acids is 1. The van der Waals surface area contributed by atoms with Gasteiger partial charge in [-0.15, -0.1) is 0 Å². The molecule has 1 aliphatic heterocycles. The summed E-state index contributed by atoms with van der Waals surface area (Å²) in [5, 5.41) is 3.96. The Morgan fingerprint density at radius 3 is 2.60 bits per heavy atom. The predicted molar refractivity (Wildman–Crippen MR) is 139 cm³/mol. The normalized spacial score (nSPS) is 17.3. The van der Waals surface area contributed by atoms with Gasteiger partial charge in [0.05, 0.1) is 19.0 Å². The number of halogens is 6. The van der Waals surface area contributed by atoms with Crippen molar-refractivity contribution in [3.8, 4) is 17.0 Å². The van der Waals surface area contributed by atoms with Gasteiger partial charge in [-0.05, 0) is 49.6 Å². The summed E-state index contributed by atoms with van der Waals surface area (Å²) in [5.41, 5.74) is 0.0857. The third-order valence-electron chi connectivity index (χ3n) is 7.89. The molecular weight excluding hydrogens is 564 g/mol. The van der Waals surface area contributed by atoms with Gasteiger partial charge in [0.2, 0.25) is 0 Å². The molecule has 1 saturated heterocycles. The third-order valence-corrected chi connectivity index (χ3v) is 7.89. The first-order valence-corrected chi connectivity index (χ1v) is 13.3. The highest BCUT2D eigenvalue weighted by molar-refractivity contribution is 6.00. The van der Waals surface area contributed by atoms with Crippen LogP contribution in [0, 0.1) is 17.5 Å². The third kappa shape index (κ3) is 4.75. The van der Waals surface area contributed by atoms with E-state index in [-0.39, 0.29) is 60.6 Å². The highest BCUT2D eigenvalue weighted by Gasteiger charge is 2.41. The summed E-state index contributed by atoms with van der Waals surface area (Å²) in [5.74, 6) is -3.29. The standard InChI is InChI=1S/C29H25F6N5O2/c1-15-13-38(14-17-9-18(30)11-23(31)24(17)32)7-8-39(15)28(41)22-12-36-40-26(29(33,34)35)21-5-3-16-10-19(42-2)4-6-20(16)25(21)37-27(22)40/h4,6,9-12,15H,3,5,7-8,13-14H2,1-2H3/t15-/m1/s1. The average molecular weight is 590 g/mol. The fourth-order valence-electron chi connectivity index (χ4n) is 5.92. The first-order valence-electron chi connectivity index (χ1n) is 13.3. The number of carbonyl (C=O) groups is 1. The number of nitrogens with zero attached hydrogens (tertiary/aromatic N) is 5. The van der Waals surface area contributed by atoms with Crippen molar-refractivity contribution in [2.75, 3.05) is 26.7 Å². The van der Waals surface area contributed by atoms with E-state index in [2.05, 4.69) is 10.1 Å². The minimum atomic E-state index is -4.76. The number of hydrogen-bond donors (Lipinski definition) is 0. The van der Waals surface area contributed by atoms with Crippen LogP contribution >= 0.6 is 0 Å². The van der Waals surface area contributed by atoms with Gasteiger partial charge in [-0.2, -0.15) is 18.3 Å². The Morgan fingerprint density at radius 2 is 1.88 bits per heavy atom. The van der Waals surface area contributed by atoms with Gasteiger partial charge in [-0.25, -0.2) is 22.7 Å². The van der Waals surface area contributed by atoms with Gasteiger partial charge >= 0.3 is 6.18 Å². The van der Waals surface area contributed by atoms with Crippen LogP contribution < -0.4 is 4.74 Å². The lowest BCUT2D eigenvalue weighted by atomic mass is 9.87. The molecule has 3 heterocycles. The van der Waals surface area contributed by atoms with Gasteiger partial charge in [0.25, 0.3) is 5.91 Å². The molecule has 0 radical (unpaired) electrons. The molecule has 220 valence electrons. The fraction of sp³-hybridized carbons (Fsp3) is 0.345. The number of alkyl halides is 3. The summed E-state index contributed by atoms with van der Waals surface area (Å²) in [6.45, 7) is 2.30. The molecule has 1 fully saturated rings. The summed E-state index contributed by atoms with van der Waals surface area (Å²) in [6, 6.07) is 6.04. The van der Waals surface area contributed by atoms with Crippen molar-refractivity contribution < 1.29 is 35.9 Å². The van der Waals surface area contributed by atoms with Crippen LogP contribution in [0.2, 0.25) is 0 Å². The summed E-state index contributed by atoms with van der Waals surface area (Å²) < 4.78 is 90.8. The highest BCUT2D eigenvalue weighted by atomic mass is 19.4. The molecular formula is C29H25F6N5O2. The van der Waals surface area contributed by atoms with E-state index in [1.165, 1.54) is 12.0 Å². The number of aryl methyl sites for hydroxylation is 1. The topological polar surface area (TPSA) is 63.0 Å². The number of ether oxygens (including phenoxy) is 1. The molecule has 1 atom stereocenters. The van der Waals surface area contributed by atoms with Gasteiger partial charge in [0.15, 0.2) is 23.0 Å². The molecule has 7 nitrogen and oxygen atoms in total. The quantitative estimate of drug-likeness (QED) is 0.239. The molecule has 1 amide bonds. The maximum Gasteiger partial charge on any atom is 0.433 e. The van der Waals surface area contributed by atoms with Gasteiger partial charge in [-0.1, -0.05) is 0 Å². The second-order valence-electron chi connectivity index (χ2n) is 10.5. The zero-order valence-electron chi connectivity index (χ0n) is 22.6. The Kier molecular flexibility index (Phi) is 6.87. The van der Waals surface area contributed by atoms with E-state index in [1.807, 2.05) is 0 Å². The summed E-state index contributed by atoms with van der Waals surface area (Å²) in [7, 11) is 1.51. The largest absolute Gasteiger partial charge is 0.497 e. The van der Waals surface area contributed by atoms with Gasteiger partial charge in [0, 0.05) is 55.0 Å². The molecule has 0 saturated carbocycles. The molecule has 2 aromatic carbocycles. The van der Waals surface area contributed by atoms with Crippen LogP contribution in [0.3, 0.4) is 0 Å². The summed E-state index contributed by atoms with van der Waals surface area (Å²) in [4.78, 5) is 21.5. The molecule has 13 heteroatoms. The van der Waals surface area contributed by atoms with Gasteiger partial charge in [0.1, 0.15) is 17.1 Å². The van der Waals surface area contributed by atoms with E-state index < -0.39 is 41.3 Å². The van der Waals surface area contributed by atoms with Crippen molar-refractivity contribution in [1.29, 1.82) is 0 Å². The first-order chi connectivity index (χ1) is 20.0. The number of rotatable bonds is 4. The second-order valence-corrected chi connectivity index (χ2v) is 10.5. The van der Waals surface area contributed by atoms with E-state index >= 15 is 0 Å². The van der Waals surface area contributed by atoms with E-state index in [0.717, 1.165) is 17.8 Å². The molecule has 4 aromatic rings. The highest BCUT2D eigenvalue weighted by Crippen LogP contribution is 2.42. The number of hydrogen-bond acceptors (Lipinski definition) is 5. The van der Waals surface area contributed by atoms with Gasteiger partial charge < -0.3 is 9.64 Å². The Morgan fingerprint density at radius 1 is 1.10 bits per heavy atom. The molecule has 0 spiro atoms. The van der Waals surface area contributed by atoms with E-state index in [9.17, 15) is 31.1 Å². The minimum absolute atomic E-state index is 0.0118. The number of benzene rings is 2. The Hall–Kier alpha value is -4.13. The monoisotopic (exact) mass is 589 g/mol. The fourth-order valence-corrected chi connectivity index (χ4v) is 5.92. The maximum absolute atomic E-state index is 14.4. The lowest BCUT2D eigenvalue weighted by Crippen LogP contribution is -2.53. The number of amides is 1. The van der Waals surface area contributed by atoms with Crippen LogP contribution in [0.5, 0.6) is 5.75 Å². The smallest absolute Gasteiger partial charge is 0.433 e. The summed E-state index contributed by atoms with van der Waals surface area (Å²) >= 11 is 0. The van der Waals surface area contributed by atoms with E-state index in [0.29, 0.717) is 28.3 Å². The second kappa shape index (κ2) is 10.3. The molecule has 0 N–H and O–H groups in total. The number of methoxy groups -OCH3 is 1. The molecule has 2 aromatic heterocycles. The number of fused-ring (bicyclic) bond motifs is 4. The maximum atomic E-state index is 14.4. The molecule has 42 heavy (non-hydrogen) atoms. The van der Waals surface area contributed by atoms with E-state index in [4.69, 9.17) is 4.74 Å². The van der Waals surface area contributed by atoms with Crippen molar-refractivity contribution >= 4 is 11.6 Å².